The molecule has 1 heterocycles. The van der Waals surface area contributed by atoms with Crippen LogP contribution in [0.5, 0.6) is 0 Å². The summed E-state index contributed by atoms with van der Waals surface area (Å²) in [7, 11) is 0. The molecule has 0 unspecified atom stereocenters. The Morgan fingerprint density at radius 2 is 2.00 bits per heavy atom. The minimum Gasteiger partial charge on any atom is -0.348 e. The number of nitrogens with one attached hydrogen (secondary N) is 1. The van der Waals surface area contributed by atoms with Crippen molar-refractivity contribution in [2.24, 2.45) is 0 Å². The Bertz CT molecular complexity index is 925. The summed E-state index contributed by atoms with van der Waals surface area (Å²) >= 11 is 5.96. The molecule has 0 radical (unpaired) electrons. The molecule has 0 bridgehead atoms. The number of nitro groups is 1. The standard InChI is InChI=1S/C17H13ClN4O3/c18-16-7-6-14(22(24)25)8-15(16)17(23)19-9-12-10-20-21(11-12)13-4-2-1-3-5-13/h1-8,10-11H,9H2,(H,19,23). The van der Waals surface area contributed by atoms with Crippen molar-refractivity contribution in [2.75, 3.05) is 0 Å². The van der Waals surface area contributed by atoms with E-state index in [-0.39, 0.29) is 22.8 Å². The van der Waals surface area contributed by atoms with Crippen LogP contribution in [-0.2, 0) is 6.54 Å². The highest BCUT2D eigenvalue weighted by molar-refractivity contribution is 6.33. The van der Waals surface area contributed by atoms with Crippen molar-refractivity contribution >= 4 is 23.2 Å². The van der Waals surface area contributed by atoms with Crippen LogP contribution in [0.4, 0.5) is 5.69 Å². The number of halogens is 1. The van der Waals surface area contributed by atoms with E-state index in [0.29, 0.717) is 0 Å². The lowest BCUT2D eigenvalue weighted by molar-refractivity contribution is -0.384. The van der Waals surface area contributed by atoms with Gasteiger partial charge in [-0.2, -0.15) is 5.10 Å². The summed E-state index contributed by atoms with van der Waals surface area (Å²) in [5, 5.41) is 17.9. The summed E-state index contributed by atoms with van der Waals surface area (Å²) in [6.07, 6.45) is 3.44. The number of non-ortho nitro benzene ring substituents is 1. The maximum Gasteiger partial charge on any atom is 0.270 e. The molecule has 3 rings (SSSR count). The second-order valence-corrected chi connectivity index (χ2v) is 5.64. The Labute approximate surface area is 148 Å². The second kappa shape index (κ2) is 7.14. The number of rotatable bonds is 5. The summed E-state index contributed by atoms with van der Waals surface area (Å²) in [5.41, 5.74) is 1.57. The first-order valence-electron chi connectivity index (χ1n) is 7.36. The van der Waals surface area contributed by atoms with Gasteiger partial charge in [0.1, 0.15) is 0 Å². The number of para-hydroxylation sites is 1. The maximum atomic E-state index is 12.2. The van der Waals surface area contributed by atoms with Gasteiger partial charge in [-0.05, 0) is 18.2 Å². The third kappa shape index (κ3) is 3.84. The van der Waals surface area contributed by atoms with E-state index in [1.165, 1.54) is 12.1 Å². The molecule has 2 aromatic carbocycles. The number of nitro benzene ring substituents is 1. The zero-order chi connectivity index (χ0) is 17.8. The molecule has 0 aliphatic rings. The molecular weight excluding hydrogens is 344 g/mol. The Morgan fingerprint density at radius 3 is 2.72 bits per heavy atom. The van der Waals surface area contributed by atoms with Crippen LogP contribution in [0.2, 0.25) is 5.02 Å². The number of hydrogen-bond donors (Lipinski definition) is 1. The zero-order valence-corrected chi connectivity index (χ0v) is 13.7. The van der Waals surface area contributed by atoms with Gasteiger partial charge in [-0.3, -0.25) is 14.9 Å². The van der Waals surface area contributed by atoms with Crippen molar-refractivity contribution in [3.05, 3.63) is 87.2 Å². The Balaban J connectivity index is 1.70. The molecule has 3 aromatic rings. The lowest BCUT2D eigenvalue weighted by atomic mass is 10.2. The van der Waals surface area contributed by atoms with Gasteiger partial charge in [-0.1, -0.05) is 29.8 Å². The molecule has 1 N–H and O–H groups in total. The Hall–Kier alpha value is -3.19. The van der Waals surface area contributed by atoms with E-state index in [1.54, 1.807) is 17.1 Å². The molecule has 0 aliphatic carbocycles. The minimum absolute atomic E-state index is 0.0614. The minimum atomic E-state index is -0.572. The van der Waals surface area contributed by atoms with Crippen LogP contribution in [0.15, 0.2) is 60.9 Å². The van der Waals surface area contributed by atoms with E-state index < -0.39 is 10.8 Å². The molecule has 7 nitrogen and oxygen atoms in total. The largest absolute Gasteiger partial charge is 0.348 e. The van der Waals surface area contributed by atoms with Crippen molar-refractivity contribution in [1.82, 2.24) is 15.1 Å². The third-order valence-electron chi connectivity index (χ3n) is 3.52. The highest BCUT2D eigenvalue weighted by atomic mass is 35.5. The smallest absolute Gasteiger partial charge is 0.270 e. The van der Waals surface area contributed by atoms with Gasteiger partial charge in [0.15, 0.2) is 0 Å². The summed E-state index contributed by atoms with van der Waals surface area (Å²) in [6, 6.07) is 13.3. The molecular formula is C17H13ClN4O3. The van der Waals surface area contributed by atoms with Crippen LogP contribution < -0.4 is 5.32 Å². The SMILES string of the molecule is O=C(NCc1cnn(-c2ccccc2)c1)c1cc([N+](=O)[O-])ccc1Cl. The number of carbonyl (C=O) groups excluding carboxylic acids is 1. The van der Waals surface area contributed by atoms with E-state index in [9.17, 15) is 14.9 Å². The molecule has 126 valence electrons. The molecule has 25 heavy (non-hydrogen) atoms. The van der Waals surface area contributed by atoms with Crippen molar-refractivity contribution in [3.8, 4) is 5.69 Å². The summed E-state index contributed by atoms with van der Waals surface area (Å²) < 4.78 is 1.70. The van der Waals surface area contributed by atoms with E-state index in [1.807, 2.05) is 30.3 Å². The number of nitrogens with zero attached hydrogens (tertiary/aromatic N) is 3. The van der Waals surface area contributed by atoms with E-state index in [0.717, 1.165) is 17.3 Å². The van der Waals surface area contributed by atoms with Crippen LogP contribution in [0.3, 0.4) is 0 Å². The monoisotopic (exact) mass is 356 g/mol. The number of carbonyl (C=O) groups is 1. The summed E-state index contributed by atoms with van der Waals surface area (Å²) in [4.78, 5) is 22.5. The highest BCUT2D eigenvalue weighted by Crippen LogP contribution is 2.22. The Kier molecular flexibility index (Phi) is 4.76. The molecule has 0 spiro atoms. The van der Waals surface area contributed by atoms with Crippen molar-refractivity contribution in [3.63, 3.8) is 0 Å². The van der Waals surface area contributed by atoms with Crippen molar-refractivity contribution in [2.45, 2.75) is 6.54 Å². The Morgan fingerprint density at radius 1 is 1.24 bits per heavy atom. The van der Waals surface area contributed by atoms with Gasteiger partial charge in [0, 0.05) is 30.4 Å². The van der Waals surface area contributed by atoms with E-state index in [2.05, 4.69) is 10.4 Å². The average Bonchev–Trinajstić information content (AvgIpc) is 3.09. The van der Waals surface area contributed by atoms with Gasteiger partial charge < -0.3 is 5.32 Å². The molecule has 0 saturated heterocycles. The topological polar surface area (TPSA) is 90.1 Å². The summed E-state index contributed by atoms with van der Waals surface area (Å²) in [5.74, 6) is -0.485. The fourth-order valence-electron chi connectivity index (χ4n) is 2.25. The first-order valence-corrected chi connectivity index (χ1v) is 7.73. The van der Waals surface area contributed by atoms with E-state index >= 15 is 0 Å². The number of hydrogen-bond acceptors (Lipinski definition) is 4. The number of amides is 1. The van der Waals surface area contributed by atoms with Crippen molar-refractivity contribution < 1.29 is 9.72 Å². The summed E-state index contributed by atoms with van der Waals surface area (Å²) in [6.45, 7) is 0.227. The highest BCUT2D eigenvalue weighted by Gasteiger charge is 2.15. The van der Waals surface area contributed by atoms with Gasteiger partial charge in [-0.25, -0.2) is 4.68 Å². The van der Waals surface area contributed by atoms with Gasteiger partial charge in [-0.15, -0.1) is 0 Å². The predicted octanol–water partition coefficient (Wildman–Crippen LogP) is 3.36. The van der Waals surface area contributed by atoms with Crippen LogP contribution in [0.1, 0.15) is 15.9 Å². The van der Waals surface area contributed by atoms with Crippen LogP contribution >= 0.6 is 11.6 Å². The van der Waals surface area contributed by atoms with Crippen LogP contribution in [0.25, 0.3) is 5.69 Å². The molecule has 8 heteroatoms. The molecule has 0 saturated carbocycles. The fourth-order valence-corrected chi connectivity index (χ4v) is 2.46. The first kappa shape index (κ1) is 16.7. The van der Waals surface area contributed by atoms with Crippen molar-refractivity contribution in [1.29, 1.82) is 0 Å². The fraction of sp³-hybridized carbons (Fsp3) is 0.0588. The predicted molar refractivity (Wildman–Crippen MR) is 92.8 cm³/mol. The normalized spacial score (nSPS) is 10.4. The third-order valence-corrected chi connectivity index (χ3v) is 3.84. The lowest BCUT2D eigenvalue weighted by Gasteiger charge is -2.05. The zero-order valence-electron chi connectivity index (χ0n) is 12.9. The molecule has 0 fully saturated rings. The second-order valence-electron chi connectivity index (χ2n) is 5.23. The molecule has 0 atom stereocenters. The van der Waals surface area contributed by atoms with Gasteiger partial charge in [0.25, 0.3) is 11.6 Å². The molecule has 1 amide bonds. The van der Waals surface area contributed by atoms with Crippen LogP contribution in [-0.4, -0.2) is 20.6 Å². The molecule has 1 aromatic heterocycles. The average molecular weight is 357 g/mol. The van der Waals surface area contributed by atoms with Crippen LogP contribution in [0, 0.1) is 10.1 Å². The first-order chi connectivity index (χ1) is 12.0. The van der Waals surface area contributed by atoms with E-state index in [4.69, 9.17) is 11.6 Å². The lowest BCUT2D eigenvalue weighted by Crippen LogP contribution is -2.23. The number of aromatic nitrogens is 2. The maximum absolute atomic E-state index is 12.2. The van der Waals surface area contributed by atoms with Gasteiger partial charge in [0.05, 0.1) is 27.4 Å². The molecule has 0 aliphatic heterocycles. The van der Waals surface area contributed by atoms with Gasteiger partial charge >= 0.3 is 0 Å². The number of benzene rings is 2. The van der Waals surface area contributed by atoms with Gasteiger partial charge in [0.2, 0.25) is 0 Å². The quantitative estimate of drug-likeness (QED) is 0.560.